The summed E-state index contributed by atoms with van der Waals surface area (Å²) in [6.07, 6.45) is 6.30. The molecular formula is C26H32N2O3. The fourth-order valence-electron chi connectivity index (χ4n) is 3.93. The summed E-state index contributed by atoms with van der Waals surface area (Å²) >= 11 is 0. The maximum absolute atomic E-state index is 13.0. The van der Waals surface area contributed by atoms with Gasteiger partial charge in [0.25, 0.3) is 0 Å². The third-order valence-electron chi connectivity index (χ3n) is 5.49. The predicted octanol–water partition coefficient (Wildman–Crippen LogP) is 5.45. The van der Waals surface area contributed by atoms with Crippen LogP contribution in [0.2, 0.25) is 0 Å². The van der Waals surface area contributed by atoms with E-state index in [0.717, 1.165) is 49.0 Å². The molecule has 5 nitrogen and oxygen atoms in total. The van der Waals surface area contributed by atoms with E-state index < -0.39 is 5.97 Å². The first-order valence-electron chi connectivity index (χ1n) is 11.1. The molecule has 2 aromatic carbocycles. The zero-order chi connectivity index (χ0) is 22.4. The third kappa shape index (κ3) is 5.54. The first-order valence-corrected chi connectivity index (χ1v) is 11.1. The fraction of sp³-hybridized carbons (Fsp3) is 0.385. The molecule has 3 aromatic rings. The second kappa shape index (κ2) is 10.3. The molecular weight excluding hydrogens is 388 g/mol. The van der Waals surface area contributed by atoms with Gasteiger partial charge in [0.05, 0.1) is 12.1 Å². The van der Waals surface area contributed by atoms with E-state index in [-0.39, 0.29) is 11.3 Å². The van der Waals surface area contributed by atoms with Crippen LogP contribution in [0.4, 0.5) is 0 Å². The van der Waals surface area contributed by atoms with Crippen LogP contribution in [0.25, 0.3) is 11.1 Å². The van der Waals surface area contributed by atoms with Gasteiger partial charge in [-0.15, -0.1) is 0 Å². The average Bonchev–Trinajstić information content (AvgIpc) is 3.03. The molecule has 31 heavy (non-hydrogen) atoms. The van der Waals surface area contributed by atoms with E-state index in [9.17, 15) is 14.7 Å². The molecule has 1 N–H and O–H groups in total. The number of carboxylic acids is 1. The molecule has 0 aliphatic carbocycles. The van der Waals surface area contributed by atoms with Gasteiger partial charge in [-0.1, -0.05) is 76.1 Å². The summed E-state index contributed by atoms with van der Waals surface area (Å²) in [5, 5.41) is 9.45. The van der Waals surface area contributed by atoms with Gasteiger partial charge < -0.3 is 5.11 Å². The summed E-state index contributed by atoms with van der Waals surface area (Å²) in [6, 6.07) is 14.8. The van der Waals surface area contributed by atoms with Crippen molar-refractivity contribution in [2.75, 3.05) is 0 Å². The minimum Gasteiger partial charge on any atom is -0.478 e. The van der Waals surface area contributed by atoms with Crippen LogP contribution in [0, 0.1) is 5.92 Å². The lowest BCUT2D eigenvalue weighted by Crippen LogP contribution is -2.26. The van der Waals surface area contributed by atoms with Crippen molar-refractivity contribution < 1.29 is 9.90 Å². The normalized spacial score (nSPS) is 11.2. The SMILES string of the molecule is CCCCCc1cn(CC(C)C)c(=O)n1Cc1ccc(-c2ccccc2C(=O)O)cc1. The Kier molecular flexibility index (Phi) is 7.50. The van der Waals surface area contributed by atoms with Crippen LogP contribution in [-0.4, -0.2) is 20.2 Å². The lowest BCUT2D eigenvalue weighted by atomic mass is 9.99. The highest BCUT2D eigenvalue weighted by molar-refractivity contribution is 5.95. The van der Waals surface area contributed by atoms with Crippen LogP contribution in [-0.2, 0) is 19.5 Å². The standard InChI is InChI=1S/C26H32N2O3/c1-4-5-6-9-22-18-27(16-19(2)3)26(31)28(22)17-20-12-14-21(15-13-20)23-10-7-8-11-24(23)25(29)30/h7-8,10-15,18-19H,4-6,9,16-17H2,1-3H3,(H,29,30). The van der Waals surface area contributed by atoms with E-state index in [1.54, 1.807) is 12.1 Å². The molecule has 1 heterocycles. The molecule has 1 aromatic heterocycles. The molecule has 0 saturated carbocycles. The second-order valence-electron chi connectivity index (χ2n) is 8.54. The molecule has 0 amide bonds. The number of unbranched alkanes of at least 4 members (excludes halogenated alkanes) is 2. The van der Waals surface area contributed by atoms with E-state index >= 15 is 0 Å². The van der Waals surface area contributed by atoms with Crippen molar-refractivity contribution in [2.45, 2.75) is 59.5 Å². The molecule has 0 aliphatic heterocycles. The van der Waals surface area contributed by atoms with E-state index in [0.29, 0.717) is 18.0 Å². The van der Waals surface area contributed by atoms with E-state index in [1.165, 1.54) is 0 Å². The fourth-order valence-corrected chi connectivity index (χ4v) is 3.93. The summed E-state index contributed by atoms with van der Waals surface area (Å²) in [5.74, 6) is -0.528. The highest BCUT2D eigenvalue weighted by Crippen LogP contribution is 2.24. The van der Waals surface area contributed by atoms with Crippen LogP contribution >= 0.6 is 0 Å². The van der Waals surface area contributed by atoms with Crippen molar-refractivity contribution in [3.63, 3.8) is 0 Å². The number of hydrogen-bond acceptors (Lipinski definition) is 2. The number of nitrogens with zero attached hydrogens (tertiary/aromatic N) is 2. The van der Waals surface area contributed by atoms with Gasteiger partial charge in [-0.05, 0) is 41.5 Å². The van der Waals surface area contributed by atoms with Gasteiger partial charge in [-0.25, -0.2) is 9.59 Å². The van der Waals surface area contributed by atoms with Gasteiger partial charge in [-0.3, -0.25) is 9.13 Å². The van der Waals surface area contributed by atoms with Gasteiger partial charge in [-0.2, -0.15) is 0 Å². The quantitative estimate of drug-likeness (QED) is 0.444. The number of aryl methyl sites for hydroxylation is 1. The van der Waals surface area contributed by atoms with Crippen LogP contribution in [0.5, 0.6) is 0 Å². The first kappa shape index (κ1) is 22.6. The average molecular weight is 421 g/mol. The van der Waals surface area contributed by atoms with Gasteiger partial charge in [0.2, 0.25) is 0 Å². The zero-order valence-corrected chi connectivity index (χ0v) is 18.7. The summed E-state index contributed by atoms with van der Waals surface area (Å²) in [4.78, 5) is 24.6. The van der Waals surface area contributed by atoms with E-state index in [2.05, 4.69) is 20.8 Å². The highest BCUT2D eigenvalue weighted by Gasteiger charge is 2.14. The maximum Gasteiger partial charge on any atom is 0.336 e. The van der Waals surface area contributed by atoms with E-state index in [1.807, 2.05) is 51.7 Å². The van der Waals surface area contributed by atoms with Crippen LogP contribution < -0.4 is 5.69 Å². The van der Waals surface area contributed by atoms with E-state index in [4.69, 9.17) is 0 Å². The molecule has 0 spiro atoms. The minimum atomic E-state index is -0.936. The number of aromatic carboxylic acids is 1. The Bertz CT molecular complexity index is 1070. The smallest absolute Gasteiger partial charge is 0.336 e. The molecule has 164 valence electrons. The van der Waals surface area contributed by atoms with Gasteiger partial charge >= 0.3 is 11.7 Å². The van der Waals surface area contributed by atoms with Crippen LogP contribution in [0.3, 0.4) is 0 Å². The molecule has 3 rings (SSSR count). The molecule has 5 heteroatoms. The number of hydrogen-bond donors (Lipinski definition) is 1. The number of aromatic nitrogens is 2. The first-order chi connectivity index (χ1) is 14.9. The molecule has 0 aliphatic rings. The second-order valence-corrected chi connectivity index (χ2v) is 8.54. The van der Waals surface area contributed by atoms with Crippen molar-refractivity contribution in [3.8, 4) is 11.1 Å². The Labute approximate surface area is 184 Å². The monoisotopic (exact) mass is 420 g/mol. The van der Waals surface area contributed by atoms with Gasteiger partial charge in [0, 0.05) is 18.4 Å². The minimum absolute atomic E-state index is 0.0421. The molecule has 0 radical (unpaired) electrons. The van der Waals surface area contributed by atoms with Crippen molar-refractivity contribution in [1.29, 1.82) is 0 Å². The Morgan fingerprint density at radius 1 is 1.03 bits per heavy atom. The van der Waals surface area contributed by atoms with Crippen molar-refractivity contribution in [2.24, 2.45) is 5.92 Å². The number of imidazole rings is 1. The molecule has 0 saturated heterocycles. The summed E-state index contributed by atoms with van der Waals surface area (Å²) < 4.78 is 3.72. The molecule has 0 unspecified atom stereocenters. The van der Waals surface area contributed by atoms with Crippen molar-refractivity contribution >= 4 is 5.97 Å². The van der Waals surface area contributed by atoms with Gasteiger partial charge in [0.1, 0.15) is 0 Å². The number of rotatable bonds is 10. The number of benzene rings is 2. The number of carboxylic acid groups (broad SMARTS) is 1. The van der Waals surface area contributed by atoms with Crippen molar-refractivity contribution in [1.82, 2.24) is 9.13 Å². The summed E-state index contributed by atoms with van der Waals surface area (Å²) in [7, 11) is 0. The lowest BCUT2D eigenvalue weighted by Gasteiger charge is -2.10. The maximum atomic E-state index is 13.0. The number of carbonyl (C=O) groups is 1. The lowest BCUT2D eigenvalue weighted by molar-refractivity contribution is 0.0697. The Morgan fingerprint density at radius 3 is 2.39 bits per heavy atom. The summed E-state index contributed by atoms with van der Waals surface area (Å²) in [6.45, 7) is 7.66. The summed E-state index contributed by atoms with van der Waals surface area (Å²) in [5.41, 5.74) is 3.99. The Hall–Kier alpha value is -3.08. The van der Waals surface area contributed by atoms with Crippen molar-refractivity contribution in [3.05, 3.63) is 82.0 Å². The largest absolute Gasteiger partial charge is 0.478 e. The zero-order valence-electron chi connectivity index (χ0n) is 18.7. The molecule has 0 bridgehead atoms. The van der Waals surface area contributed by atoms with Crippen LogP contribution in [0.15, 0.2) is 59.5 Å². The molecule has 0 atom stereocenters. The topological polar surface area (TPSA) is 64.2 Å². The molecule has 0 fully saturated rings. The van der Waals surface area contributed by atoms with Crippen LogP contribution in [0.1, 0.15) is 61.6 Å². The predicted molar refractivity (Wildman–Crippen MR) is 125 cm³/mol. The third-order valence-corrected chi connectivity index (χ3v) is 5.49. The Balaban J connectivity index is 1.87. The Morgan fingerprint density at radius 2 is 1.74 bits per heavy atom. The highest BCUT2D eigenvalue weighted by atomic mass is 16.4. The van der Waals surface area contributed by atoms with Gasteiger partial charge in [0.15, 0.2) is 0 Å².